The molecule has 0 bridgehead atoms. The second-order valence-corrected chi connectivity index (χ2v) is 2.93. The van der Waals surface area contributed by atoms with Gasteiger partial charge in [-0.3, -0.25) is 14.2 Å². The number of nitrogens with zero attached hydrogens (tertiary/aromatic N) is 2. The summed E-state index contributed by atoms with van der Waals surface area (Å²) in [6.45, 7) is 1.40. The Morgan fingerprint density at radius 2 is 2.14 bits per heavy atom. The monoisotopic (exact) mass is 188 g/mol. The van der Waals surface area contributed by atoms with Gasteiger partial charge in [0.15, 0.2) is 12.1 Å². The lowest BCUT2D eigenvalue weighted by atomic mass is 10.3. The minimum atomic E-state index is -0.208. The summed E-state index contributed by atoms with van der Waals surface area (Å²) in [6.07, 6.45) is 0.585. The highest BCUT2D eigenvalue weighted by molar-refractivity contribution is 5.94. The summed E-state index contributed by atoms with van der Waals surface area (Å²) in [7, 11) is 0. The summed E-state index contributed by atoms with van der Waals surface area (Å²) >= 11 is 0. The normalized spacial score (nSPS) is 10.4. The molecule has 1 heterocycles. The zero-order chi connectivity index (χ0) is 10.1. The minimum absolute atomic E-state index is 0.152. The van der Waals surface area contributed by atoms with Gasteiger partial charge in [-0.1, -0.05) is 12.1 Å². The van der Waals surface area contributed by atoms with Gasteiger partial charge >= 0.3 is 0 Å². The van der Waals surface area contributed by atoms with Crippen LogP contribution in [0.1, 0.15) is 22.3 Å². The van der Waals surface area contributed by atoms with Crippen LogP contribution in [0.2, 0.25) is 0 Å². The highest BCUT2D eigenvalue weighted by Gasteiger charge is 2.11. The molecule has 0 N–H and O–H groups in total. The molecule has 14 heavy (non-hydrogen) atoms. The predicted octanol–water partition coefficient (Wildman–Crippen LogP) is 1.51. The van der Waals surface area contributed by atoms with Crippen LogP contribution in [0.3, 0.4) is 0 Å². The van der Waals surface area contributed by atoms with Crippen molar-refractivity contribution in [2.45, 2.75) is 6.92 Å². The molecule has 0 radical (unpaired) electrons. The van der Waals surface area contributed by atoms with Gasteiger partial charge in [0.2, 0.25) is 5.91 Å². The van der Waals surface area contributed by atoms with E-state index < -0.39 is 0 Å². The van der Waals surface area contributed by atoms with E-state index in [0.29, 0.717) is 17.3 Å². The lowest BCUT2D eigenvalue weighted by molar-refractivity contribution is 0.0928. The van der Waals surface area contributed by atoms with Crippen molar-refractivity contribution < 1.29 is 9.59 Å². The fourth-order valence-electron chi connectivity index (χ4n) is 1.45. The number of hydrogen-bond acceptors (Lipinski definition) is 3. The van der Waals surface area contributed by atoms with E-state index in [1.165, 1.54) is 11.5 Å². The summed E-state index contributed by atoms with van der Waals surface area (Å²) in [6, 6.07) is 7.14. The van der Waals surface area contributed by atoms with Gasteiger partial charge in [0.1, 0.15) is 0 Å². The molecule has 4 nitrogen and oxygen atoms in total. The fraction of sp³-hybridized carbons (Fsp3) is 0.100. The first kappa shape index (κ1) is 8.62. The Morgan fingerprint density at radius 1 is 1.43 bits per heavy atom. The molecule has 0 fully saturated rings. The third kappa shape index (κ3) is 1.12. The molecular weight excluding hydrogens is 180 g/mol. The minimum Gasteiger partial charge on any atom is -0.294 e. The highest BCUT2D eigenvalue weighted by atomic mass is 16.2. The second kappa shape index (κ2) is 3.06. The Morgan fingerprint density at radius 3 is 2.79 bits per heavy atom. The molecular formula is C10H8N2O2. The summed E-state index contributed by atoms with van der Waals surface area (Å²) < 4.78 is 1.31. The van der Waals surface area contributed by atoms with Gasteiger partial charge < -0.3 is 0 Å². The number of para-hydroxylation sites is 2. The van der Waals surface area contributed by atoms with Gasteiger partial charge in [-0.25, -0.2) is 4.98 Å². The maximum atomic E-state index is 11.3. The van der Waals surface area contributed by atoms with Crippen molar-refractivity contribution in [3.8, 4) is 0 Å². The van der Waals surface area contributed by atoms with E-state index in [9.17, 15) is 9.59 Å². The zero-order valence-corrected chi connectivity index (χ0v) is 7.60. The highest BCUT2D eigenvalue weighted by Crippen LogP contribution is 2.14. The lowest BCUT2D eigenvalue weighted by Crippen LogP contribution is -2.09. The standard InChI is InChI=1S/C10H8N2O2/c1-7(14)12-9-5-3-2-4-8(9)11-10(12)6-13/h2-6H,1H3. The molecule has 2 aromatic rings. The first-order valence-corrected chi connectivity index (χ1v) is 4.17. The molecule has 0 saturated carbocycles. The maximum Gasteiger partial charge on any atom is 0.229 e. The average molecular weight is 188 g/mol. The van der Waals surface area contributed by atoms with Gasteiger partial charge in [-0.15, -0.1) is 0 Å². The van der Waals surface area contributed by atoms with E-state index in [-0.39, 0.29) is 11.7 Å². The van der Waals surface area contributed by atoms with Crippen LogP contribution in [0.5, 0.6) is 0 Å². The predicted molar refractivity (Wildman–Crippen MR) is 51.4 cm³/mol. The largest absolute Gasteiger partial charge is 0.294 e. The molecule has 0 saturated heterocycles. The van der Waals surface area contributed by atoms with E-state index in [1.54, 1.807) is 18.2 Å². The molecule has 0 spiro atoms. The number of aldehydes is 1. The van der Waals surface area contributed by atoms with Crippen molar-refractivity contribution in [3.63, 3.8) is 0 Å². The smallest absolute Gasteiger partial charge is 0.229 e. The summed E-state index contributed by atoms with van der Waals surface area (Å²) in [5, 5.41) is 0. The van der Waals surface area contributed by atoms with Crippen molar-refractivity contribution >= 4 is 23.2 Å². The van der Waals surface area contributed by atoms with Gasteiger partial charge in [0.05, 0.1) is 11.0 Å². The van der Waals surface area contributed by atoms with Crippen LogP contribution in [0.4, 0.5) is 0 Å². The Kier molecular flexibility index (Phi) is 1.89. The van der Waals surface area contributed by atoms with Gasteiger partial charge in [0, 0.05) is 6.92 Å². The second-order valence-electron chi connectivity index (χ2n) is 2.93. The fourth-order valence-corrected chi connectivity index (χ4v) is 1.45. The Balaban J connectivity index is 2.87. The number of rotatable bonds is 1. The molecule has 70 valence electrons. The maximum absolute atomic E-state index is 11.3. The molecule has 4 heteroatoms. The van der Waals surface area contributed by atoms with Crippen molar-refractivity contribution in [1.29, 1.82) is 0 Å². The number of aromatic nitrogens is 2. The van der Waals surface area contributed by atoms with Crippen molar-refractivity contribution in [2.75, 3.05) is 0 Å². The number of imidazole rings is 1. The molecule has 0 unspecified atom stereocenters. The first-order valence-electron chi connectivity index (χ1n) is 4.17. The molecule has 2 rings (SSSR count). The number of carbonyl (C=O) groups excluding carboxylic acids is 2. The van der Waals surface area contributed by atoms with Crippen molar-refractivity contribution in [2.24, 2.45) is 0 Å². The molecule has 0 aliphatic heterocycles. The molecule has 1 aromatic heterocycles. The first-order chi connectivity index (χ1) is 6.74. The third-order valence-corrected chi connectivity index (χ3v) is 2.01. The van der Waals surface area contributed by atoms with Crippen LogP contribution in [0.15, 0.2) is 24.3 Å². The zero-order valence-electron chi connectivity index (χ0n) is 7.60. The van der Waals surface area contributed by atoms with E-state index >= 15 is 0 Å². The van der Waals surface area contributed by atoms with Crippen molar-refractivity contribution in [1.82, 2.24) is 9.55 Å². The van der Waals surface area contributed by atoms with Crippen LogP contribution in [-0.4, -0.2) is 21.7 Å². The van der Waals surface area contributed by atoms with Crippen LogP contribution in [-0.2, 0) is 0 Å². The number of fused-ring (bicyclic) bond motifs is 1. The molecule has 0 aliphatic carbocycles. The average Bonchev–Trinajstić information content (AvgIpc) is 2.55. The van der Waals surface area contributed by atoms with E-state index in [4.69, 9.17) is 0 Å². The Labute approximate surface area is 80.2 Å². The summed E-state index contributed by atoms with van der Waals surface area (Å²) in [5.41, 5.74) is 1.33. The van der Waals surface area contributed by atoms with Crippen LogP contribution >= 0.6 is 0 Å². The Bertz CT molecular complexity index is 514. The third-order valence-electron chi connectivity index (χ3n) is 2.01. The number of hydrogen-bond donors (Lipinski definition) is 0. The van der Waals surface area contributed by atoms with Crippen molar-refractivity contribution in [3.05, 3.63) is 30.1 Å². The lowest BCUT2D eigenvalue weighted by Gasteiger charge is -1.98. The number of benzene rings is 1. The molecule has 0 aliphatic rings. The Hall–Kier alpha value is -1.97. The van der Waals surface area contributed by atoms with Gasteiger partial charge in [-0.05, 0) is 12.1 Å². The SMILES string of the molecule is CC(=O)n1c(C=O)nc2ccccc21. The van der Waals surface area contributed by atoms with Gasteiger partial charge in [0.25, 0.3) is 0 Å². The quantitative estimate of drug-likeness (QED) is 0.637. The van der Waals surface area contributed by atoms with Crippen LogP contribution < -0.4 is 0 Å². The van der Waals surface area contributed by atoms with E-state index in [2.05, 4.69) is 4.98 Å². The van der Waals surface area contributed by atoms with Gasteiger partial charge in [-0.2, -0.15) is 0 Å². The summed E-state index contributed by atoms with van der Waals surface area (Å²) in [4.78, 5) is 26.0. The molecule has 0 atom stereocenters. The molecule has 0 amide bonds. The van der Waals surface area contributed by atoms with Crippen LogP contribution in [0, 0.1) is 0 Å². The van der Waals surface area contributed by atoms with Crippen LogP contribution in [0.25, 0.3) is 11.0 Å². The summed E-state index contributed by atoms with van der Waals surface area (Å²) in [5.74, 6) is -0.0560. The number of carbonyl (C=O) groups is 2. The van der Waals surface area contributed by atoms with E-state index in [1.807, 2.05) is 6.07 Å². The van der Waals surface area contributed by atoms with E-state index in [0.717, 1.165) is 0 Å². The topological polar surface area (TPSA) is 52.0 Å². The molecule has 1 aromatic carbocycles.